The van der Waals surface area contributed by atoms with Crippen molar-refractivity contribution in [2.24, 2.45) is 0 Å². The van der Waals surface area contributed by atoms with Crippen molar-refractivity contribution < 1.29 is 14.5 Å². The maximum absolute atomic E-state index is 11.6. The lowest BCUT2D eigenvalue weighted by molar-refractivity contribution is -0.384. The molecule has 23 heavy (non-hydrogen) atoms. The number of nitrogens with one attached hydrogen (secondary N) is 2. The number of hydrogen-bond donors (Lipinski definition) is 2. The highest BCUT2D eigenvalue weighted by Gasteiger charge is 2.06. The van der Waals surface area contributed by atoms with Crippen molar-refractivity contribution in [3.63, 3.8) is 0 Å². The van der Waals surface area contributed by atoms with Gasteiger partial charge in [-0.05, 0) is 12.1 Å². The van der Waals surface area contributed by atoms with E-state index in [1.165, 1.54) is 24.3 Å². The SMILES string of the molecule is CN(C)C(=O)CCSCCNC(=O)Nc1ccc([N+](=O)[O-])cc1. The van der Waals surface area contributed by atoms with Gasteiger partial charge in [0.2, 0.25) is 5.91 Å². The minimum Gasteiger partial charge on any atom is -0.349 e. The average molecular weight is 340 g/mol. The van der Waals surface area contributed by atoms with Crippen molar-refractivity contribution in [1.29, 1.82) is 0 Å². The molecule has 0 aliphatic carbocycles. The van der Waals surface area contributed by atoms with E-state index >= 15 is 0 Å². The van der Waals surface area contributed by atoms with Crippen LogP contribution in [0.3, 0.4) is 0 Å². The van der Waals surface area contributed by atoms with Gasteiger partial charge in [0.15, 0.2) is 0 Å². The third-order valence-corrected chi connectivity index (χ3v) is 3.81. The summed E-state index contributed by atoms with van der Waals surface area (Å²) in [6.45, 7) is 0.472. The third kappa shape index (κ3) is 7.50. The Labute approximate surface area is 138 Å². The molecule has 9 heteroatoms. The molecule has 0 aromatic heterocycles. The van der Waals surface area contributed by atoms with E-state index in [0.717, 1.165) is 0 Å². The van der Waals surface area contributed by atoms with Crippen LogP contribution in [0.5, 0.6) is 0 Å². The molecule has 2 N–H and O–H groups in total. The van der Waals surface area contributed by atoms with E-state index in [2.05, 4.69) is 10.6 Å². The second kappa shape index (κ2) is 9.67. The minimum absolute atomic E-state index is 0.0281. The summed E-state index contributed by atoms with van der Waals surface area (Å²) < 4.78 is 0. The summed E-state index contributed by atoms with van der Waals surface area (Å²) in [5.74, 6) is 1.50. The van der Waals surface area contributed by atoms with Crippen molar-refractivity contribution in [2.75, 3.05) is 37.5 Å². The summed E-state index contributed by atoms with van der Waals surface area (Å²) in [6.07, 6.45) is 0.479. The Kier molecular flexibility index (Phi) is 7.89. The summed E-state index contributed by atoms with van der Waals surface area (Å²) in [6, 6.07) is 5.22. The number of nitro groups is 1. The van der Waals surface area contributed by atoms with Gasteiger partial charge < -0.3 is 15.5 Å². The first kappa shape index (κ1) is 18.8. The highest BCUT2D eigenvalue weighted by Crippen LogP contribution is 2.15. The fourth-order valence-electron chi connectivity index (χ4n) is 1.56. The number of carbonyl (C=O) groups excluding carboxylic acids is 2. The van der Waals surface area contributed by atoms with Crippen LogP contribution < -0.4 is 10.6 Å². The molecular formula is C14H20N4O4S. The van der Waals surface area contributed by atoms with Crippen molar-refractivity contribution in [3.05, 3.63) is 34.4 Å². The molecule has 0 saturated carbocycles. The van der Waals surface area contributed by atoms with Crippen molar-refractivity contribution >= 4 is 35.1 Å². The van der Waals surface area contributed by atoms with E-state index in [-0.39, 0.29) is 17.6 Å². The number of amides is 3. The molecule has 1 aromatic rings. The second-order valence-electron chi connectivity index (χ2n) is 4.84. The number of rotatable bonds is 8. The topological polar surface area (TPSA) is 105 Å². The standard InChI is InChI=1S/C14H20N4O4S/c1-17(2)13(19)7-9-23-10-8-15-14(20)16-11-3-5-12(6-4-11)18(21)22/h3-6H,7-10H2,1-2H3,(H2,15,16,20). The fraction of sp³-hybridized carbons (Fsp3) is 0.429. The van der Waals surface area contributed by atoms with Gasteiger partial charge in [0.1, 0.15) is 0 Å². The summed E-state index contributed by atoms with van der Waals surface area (Å²) in [7, 11) is 3.44. The monoisotopic (exact) mass is 340 g/mol. The molecule has 0 saturated heterocycles. The largest absolute Gasteiger partial charge is 0.349 e. The molecular weight excluding hydrogens is 320 g/mol. The zero-order chi connectivity index (χ0) is 17.2. The molecule has 0 atom stereocenters. The first-order valence-corrected chi connectivity index (χ1v) is 8.13. The molecule has 126 valence electrons. The van der Waals surface area contributed by atoms with Crippen molar-refractivity contribution in [3.8, 4) is 0 Å². The molecule has 8 nitrogen and oxygen atoms in total. The average Bonchev–Trinajstić information content (AvgIpc) is 2.50. The summed E-state index contributed by atoms with van der Waals surface area (Å²) in [4.78, 5) is 34.6. The lowest BCUT2D eigenvalue weighted by atomic mass is 10.3. The van der Waals surface area contributed by atoms with Crippen LogP contribution in [-0.2, 0) is 4.79 Å². The van der Waals surface area contributed by atoms with Crippen molar-refractivity contribution in [1.82, 2.24) is 10.2 Å². The fourth-order valence-corrected chi connectivity index (χ4v) is 2.33. The zero-order valence-corrected chi connectivity index (χ0v) is 13.9. The maximum atomic E-state index is 11.6. The van der Waals surface area contributed by atoms with E-state index in [1.807, 2.05) is 0 Å². The Morgan fingerprint density at radius 3 is 2.43 bits per heavy atom. The second-order valence-corrected chi connectivity index (χ2v) is 6.06. The van der Waals surface area contributed by atoms with E-state index in [0.29, 0.717) is 30.2 Å². The first-order valence-electron chi connectivity index (χ1n) is 6.97. The molecule has 0 heterocycles. The molecule has 0 unspecified atom stereocenters. The van der Waals surface area contributed by atoms with E-state index < -0.39 is 4.92 Å². The number of hydrogen-bond acceptors (Lipinski definition) is 5. The summed E-state index contributed by atoms with van der Waals surface area (Å²) >= 11 is 1.59. The summed E-state index contributed by atoms with van der Waals surface area (Å²) in [5, 5.41) is 15.8. The van der Waals surface area contributed by atoms with Crippen LogP contribution in [0.4, 0.5) is 16.2 Å². The van der Waals surface area contributed by atoms with Crippen molar-refractivity contribution in [2.45, 2.75) is 6.42 Å². The van der Waals surface area contributed by atoms with Crippen LogP contribution in [0, 0.1) is 10.1 Å². The van der Waals surface area contributed by atoms with Crippen LogP contribution in [0.25, 0.3) is 0 Å². The van der Waals surface area contributed by atoms with Gasteiger partial charge in [-0.25, -0.2) is 4.79 Å². The molecule has 0 fully saturated rings. The van der Waals surface area contributed by atoms with Gasteiger partial charge in [0, 0.05) is 56.4 Å². The number of thioether (sulfide) groups is 1. The molecule has 0 aliphatic heterocycles. The highest BCUT2D eigenvalue weighted by molar-refractivity contribution is 7.99. The van der Waals surface area contributed by atoms with E-state index in [9.17, 15) is 19.7 Å². The smallest absolute Gasteiger partial charge is 0.319 e. The number of carbonyl (C=O) groups is 2. The maximum Gasteiger partial charge on any atom is 0.319 e. The molecule has 0 spiro atoms. The van der Waals surface area contributed by atoms with Gasteiger partial charge in [-0.1, -0.05) is 0 Å². The minimum atomic E-state index is -0.498. The number of nitrogens with zero attached hydrogens (tertiary/aromatic N) is 2. The molecule has 0 bridgehead atoms. The van der Waals surface area contributed by atoms with E-state index in [1.54, 1.807) is 30.8 Å². The van der Waals surface area contributed by atoms with E-state index in [4.69, 9.17) is 0 Å². The lowest BCUT2D eigenvalue weighted by Gasteiger charge is -2.10. The molecule has 3 amide bonds. The Morgan fingerprint density at radius 1 is 1.22 bits per heavy atom. The highest BCUT2D eigenvalue weighted by atomic mass is 32.2. The van der Waals surface area contributed by atoms with Gasteiger partial charge >= 0.3 is 6.03 Å². The zero-order valence-electron chi connectivity index (χ0n) is 13.1. The van der Waals surface area contributed by atoms with Crippen LogP contribution in [-0.4, -0.2) is 53.9 Å². The van der Waals surface area contributed by atoms with Gasteiger partial charge in [0.25, 0.3) is 5.69 Å². The Hall–Kier alpha value is -2.29. The summed E-state index contributed by atoms with van der Waals surface area (Å²) in [5.41, 5.74) is 0.456. The molecule has 0 radical (unpaired) electrons. The Morgan fingerprint density at radius 2 is 1.87 bits per heavy atom. The molecule has 0 aliphatic rings. The number of anilines is 1. The van der Waals surface area contributed by atoms with Gasteiger partial charge in [0.05, 0.1) is 4.92 Å². The predicted octanol–water partition coefficient (Wildman–Crippen LogP) is 1.93. The van der Waals surface area contributed by atoms with Crippen LogP contribution in [0.2, 0.25) is 0 Å². The Balaban J connectivity index is 2.17. The van der Waals surface area contributed by atoms with Crippen LogP contribution in [0.1, 0.15) is 6.42 Å². The quantitative estimate of drug-likeness (QED) is 0.427. The van der Waals surface area contributed by atoms with Crippen LogP contribution >= 0.6 is 11.8 Å². The number of benzene rings is 1. The first-order chi connectivity index (χ1) is 10.9. The number of urea groups is 1. The lowest BCUT2D eigenvalue weighted by Crippen LogP contribution is -2.30. The normalized spacial score (nSPS) is 10.0. The van der Waals surface area contributed by atoms with Gasteiger partial charge in [-0.2, -0.15) is 11.8 Å². The van der Waals surface area contributed by atoms with Crippen LogP contribution in [0.15, 0.2) is 24.3 Å². The van der Waals surface area contributed by atoms with Gasteiger partial charge in [-0.3, -0.25) is 14.9 Å². The number of nitro benzene ring substituents is 1. The Bertz CT molecular complexity index is 548. The molecule has 1 rings (SSSR count). The number of non-ortho nitro benzene ring substituents is 1. The molecule has 1 aromatic carbocycles. The predicted molar refractivity (Wildman–Crippen MR) is 90.8 cm³/mol. The third-order valence-electron chi connectivity index (χ3n) is 2.83. The van der Waals surface area contributed by atoms with Gasteiger partial charge in [-0.15, -0.1) is 0 Å².